The molecule has 2 heteroatoms. The Bertz CT molecular complexity index is 367. The second-order valence-electron chi connectivity index (χ2n) is 5.18. The number of hydrogen-bond acceptors (Lipinski definition) is 2. The second kappa shape index (κ2) is 4.36. The smallest absolute Gasteiger partial charge is 0.0419 e. The largest absolute Gasteiger partial charge is 0.398 e. The van der Waals surface area contributed by atoms with Gasteiger partial charge in [-0.05, 0) is 57.2 Å². The van der Waals surface area contributed by atoms with Gasteiger partial charge in [0, 0.05) is 24.0 Å². The third kappa shape index (κ3) is 2.31. The van der Waals surface area contributed by atoms with Crippen LogP contribution in [0.1, 0.15) is 32.3 Å². The van der Waals surface area contributed by atoms with Gasteiger partial charge in [0.15, 0.2) is 0 Å². The Morgan fingerprint density at radius 2 is 2.06 bits per heavy atom. The first-order chi connectivity index (χ1) is 7.59. The van der Waals surface area contributed by atoms with E-state index in [0.29, 0.717) is 6.04 Å². The summed E-state index contributed by atoms with van der Waals surface area (Å²) in [6.07, 6.45) is 2.79. The van der Waals surface area contributed by atoms with Crippen LogP contribution in [0.3, 0.4) is 0 Å². The van der Waals surface area contributed by atoms with Crippen molar-refractivity contribution in [3.63, 3.8) is 0 Å². The van der Waals surface area contributed by atoms with Crippen molar-refractivity contribution >= 4 is 11.4 Å². The fourth-order valence-electron chi connectivity index (χ4n) is 2.12. The zero-order chi connectivity index (χ0) is 11.7. The number of nitrogens with zero attached hydrogens (tertiary/aromatic N) is 1. The third-order valence-corrected chi connectivity index (χ3v) is 3.43. The van der Waals surface area contributed by atoms with Crippen molar-refractivity contribution in [3.8, 4) is 0 Å². The molecule has 0 radical (unpaired) electrons. The van der Waals surface area contributed by atoms with Gasteiger partial charge in [-0.2, -0.15) is 0 Å². The molecule has 0 saturated heterocycles. The van der Waals surface area contributed by atoms with Crippen LogP contribution >= 0.6 is 0 Å². The van der Waals surface area contributed by atoms with Crippen LogP contribution in [0.2, 0.25) is 0 Å². The van der Waals surface area contributed by atoms with Gasteiger partial charge in [0.2, 0.25) is 0 Å². The predicted molar refractivity (Wildman–Crippen MR) is 70.8 cm³/mol. The minimum absolute atomic E-state index is 0.543. The average Bonchev–Trinajstić information content (AvgIpc) is 3.03. The normalized spacial score (nSPS) is 15.5. The van der Waals surface area contributed by atoms with Gasteiger partial charge in [-0.3, -0.25) is 0 Å². The molecule has 1 aromatic rings. The quantitative estimate of drug-likeness (QED) is 0.786. The summed E-state index contributed by atoms with van der Waals surface area (Å²) >= 11 is 0. The molecule has 0 aromatic heterocycles. The molecule has 0 spiro atoms. The molecule has 0 heterocycles. The van der Waals surface area contributed by atoms with E-state index in [-0.39, 0.29) is 0 Å². The minimum atomic E-state index is 0.543. The minimum Gasteiger partial charge on any atom is -0.398 e. The highest BCUT2D eigenvalue weighted by Gasteiger charge is 2.26. The fourth-order valence-corrected chi connectivity index (χ4v) is 2.12. The Balaban J connectivity index is 2.26. The van der Waals surface area contributed by atoms with Crippen LogP contribution in [0.4, 0.5) is 11.4 Å². The van der Waals surface area contributed by atoms with Gasteiger partial charge in [0.25, 0.3) is 0 Å². The van der Waals surface area contributed by atoms with E-state index >= 15 is 0 Å². The molecule has 1 aliphatic carbocycles. The van der Waals surface area contributed by atoms with E-state index in [4.69, 9.17) is 5.73 Å². The molecule has 0 atom stereocenters. The molecule has 0 aliphatic heterocycles. The molecule has 0 bridgehead atoms. The number of rotatable bonds is 4. The lowest BCUT2D eigenvalue weighted by molar-refractivity contribution is 0.643. The summed E-state index contributed by atoms with van der Waals surface area (Å²) in [6, 6.07) is 6.77. The van der Waals surface area contributed by atoms with Crippen LogP contribution in [0.5, 0.6) is 0 Å². The van der Waals surface area contributed by atoms with Crippen molar-refractivity contribution < 1.29 is 0 Å². The fraction of sp³-hybridized carbons (Fsp3) is 0.571. The molecule has 1 fully saturated rings. The standard InChI is InChI=1S/C14H22N2/c1-10(2)16(9-12-7-8-12)14-6-4-5-13(15)11(14)3/h4-6,10,12H,7-9,15H2,1-3H3. The van der Waals surface area contributed by atoms with Crippen molar-refractivity contribution in [1.82, 2.24) is 0 Å². The first-order valence-electron chi connectivity index (χ1n) is 6.21. The average molecular weight is 218 g/mol. The van der Waals surface area contributed by atoms with Crippen LogP contribution in [0.15, 0.2) is 18.2 Å². The molecule has 0 amide bonds. The number of nitrogen functional groups attached to an aromatic ring is 1. The molecule has 88 valence electrons. The summed E-state index contributed by atoms with van der Waals surface area (Å²) in [7, 11) is 0. The molecule has 2 rings (SSSR count). The number of benzene rings is 1. The molecule has 2 N–H and O–H groups in total. The van der Waals surface area contributed by atoms with Crippen LogP contribution < -0.4 is 10.6 Å². The maximum atomic E-state index is 5.98. The summed E-state index contributed by atoms with van der Waals surface area (Å²) in [5.74, 6) is 0.906. The van der Waals surface area contributed by atoms with E-state index < -0.39 is 0 Å². The van der Waals surface area contributed by atoms with Crippen LogP contribution in [-0.4, -0.2) is 12.6 Å². The first kappa shape index (κ1) is 11.3. The number of nitrogens with two attached hydrogens (primary N) is 1. The van der Waals surface area contributed by atoms with Crippen LogP contribution in [0, 0.1) is 12.8 Å². The maximum Gasteiger partial charge on any atom is 0.0419 e. The molecule has 0 unspecified atom stereocenters. The lowest BCUT2D eigenvalue weighted by Crippen LogP contribution is -2.33. The third-order valence-electron chi connectivity index (χ3n) is 3.43. The molecule has 2 nitrogen and oxygen atoms in total. The van der Waals surface area contributed by atoms with Gasteiger partial charge >= 0.3 is 0 Å². The molecular formula is C14H22N2. The Morgan fingerprint density at radius 3 is 2.62 bits per heavy atom. The Morgan fingerprint density at radius 1 is 1.38 bits per heavy atom. The SMILES string of the molecule is Cc1c(N)cccc1N(CC1CC1)C(C)C. The van der Waals surface area contributed by atoms with E-state index in [1.807, 2.05) is 6.07 Å². The lowest BCUT2D eigenvalue weighted by atomic mass is 10.1. The highest BCUT2D eigenvalue weighted by molar-refractivity contribution is 5.64. The Kier molecular flexibility index (Phi) is 3.08. The molecule has 1 aliphatic rings. The van der Waals surface area contributed by atoms with Gasteiger partial charge in [-0.25, -0.2) is 0 Å². The van der Waals surface area contributed by atoms with Crippen LogP contribution in [-0.2, 0) is 0 Å². The molecule has 1 saturated carbocycles. The van der Waals surface area contributed by atoms with Crippen molar-refractivity contribution in [1.29, 1.82) is 0 Å². The van der Waals surface area contributed by atoms with E-state index in [1.165, 1.54) is 30.6 Å². The summed E-state index contributed by atoms with van der Waals surface area (Å²) < 4.78 is 0. The summed E-state index contributed by atoms with van der Waals surface area (Å²) in [5.41, 5.74) is 9.41. The summed E-state index contributed by atoms with van der Waals surface area (Å²) in [4.78, 5) is 2.49. The van der Waals surface area contributed by atoms with E-state index in [1.54, 1.807) is 0 Å². The van der Waals surface area contributed by atoms with Crippen molar-refractivity contribution in [2.24, 2.45) is 5.92 Å². The number of anilines is 2. The van der Waals surface area contributed by atoms with Crippen LogP contribution in [0.25, 0.3) is 0 Å². The zero-order valence-corrected chi connectivity index (χ0v) is 10.5. The molecule has 1 aromatic carbocycles. The monoisotopic (exact) mass is 218 g/mol. The van der Waals surface area contributed by atoms with Gasteiger partial charge in [-0.1, -0.05) is 6.07 Å². The van der Waals surface area contributed by atoms with Gasteiger partial charge < -0.3 is 10.6 Å². The lowest BCUT2D eigenvalue weighted by Gasteiger charge is -2.31. The zero-order valence-electron chi connectivity index (χ0n) is 10.5. The van der Waals surface area contributed by atoms with Gasteiger partial charge in [-0.15, -0.1) is 0 Å². The van der Waals surface area contributed by atoms with E-state index in [9.17, 15) is 0 Å². The number of hydrogen-bond donors (Lipinski definition) is 1. The summed E-state index contributed by atoms with van der Waals surface area (Å²) in [6.45, 7) is 7.81. The van der Waals surface area contributed by atoms with E-state index in [2.05, 4.69) is 37.8 Å². The van der Waals surface area contributed by atoms with Crippen molar-refractivity contribution in [3.05, 3.63) is 23.8 Å². The first-order valence-corrected chi connectivity index (χ1v) is 6.21. The van der Waals surface area contributed by atoms with Gasteiger partial charge in [0.05, 0.1) is 0 Å². The topological polar surface area (TPSA) is 29.3 Å². The van der Waals surface area contributed by atoms with E-state index in [0.717, 1.165) is 11.6 Å². The predicted octanol–water partition coefficient (Wildman–Crippen LogP) is 3.20. The highest BCUT2D eigenvalue weighted by Crippen LogP contribution is 2.34. The maximum absolute atomic E-state index is 5.98. The Hall–Kier alpha value is -1.18. The molecular weight excluding hydrogens is 196 g/mol. The molecule has 16 heavy (non-hydrogen) atoms. The second-order valence-corrected chi connectivity index (χ2v) is 5.18. The summed E-state index contributed by atoms with van der Waals surface area (Å²) in [5, 5.41) is 0. The van der Waals surface area contributed by atoms with Crippen molar-refractivity contribution in [2.45, 2.75) is 39.7 Å². The highest BCUT2D eigenvalue weighted by atomic mass is 15.2. The van der Waals surface area contributed by atoms with Gasteiger partial charge in [0.1, 0.15) is 0 Å². The van der Waals surface area contributed by atoms with Crippen molar-refractivity contribution in [2.75, 3.05) is 17.2 Å². The Labute approximate surface area is 98.4 Å².